The van der Waals surface area contributed by atoms with Crippen molar-refractivity contribution in [2.24, 2.45) is 10.9 Å². The molecule has 3 N–H and O–H groups in total. The Morgan fingerprint density at radius 2 is 2.05 bits per heavy atom. The average Bonchev–Trinajstić information content (AvgIpc) is 2.52. The van der Waals surface area contributed by atoms with Crippen molar-refractivity contribution in [2.75, 3.05) is 7.11 Å². The third kappa shape index (κ3) is 3.66. The smallest absolute Gasteiger partial charge is 0.170 e. The highest BCUT2D eigenvalue weighted by Gasteiger charge is 2.06. The highest BCUT2D eigenvalue weighted by molar-refractivity contribution is 5.97. The predicted molar refractivity (Wildman–Crippen MR) is 81.0 cm³/mol. The minimum absolute atomic E-state index is 0.0496. The molecule has 0 unspecified atom stereocenters. The molecular formula is C16H18N2O3. The van der Waals surface area contributed by atoms with Crippen LogP contribution < -0.4 is 15.2 Å². The van der Waals surface area contributed by atoms with Gasteiger partial charge in [-0.25, -0.2) is 0 Å². The lowest BCUT2D eigenvalue weighted by molar-refractivity contribution is 0.296. The van der Waals surface area contributed by atoms with E-state index in [1.54, 1.807) is 25.3 Å². The summed E-state index contributed by atoms with van der Waals surface area (Å²) in [6.07, 6.45) is 0. The molecule has 0 aliphatic rings. The average molecular weight is 286 g/mol. The van der Waals surface area contributed by atoms with E-state index in [0.717, 1.165) is 16.9 Å². The van der Waals surface area contributed by atoms with Crippen LogP contribution in [0.15, 0.2) is 47.6 Å². The lowest BCUT2D eigenvalue weighted by atomic mass is 10.1. The summed E-state index contributed by atoms with van der Waals surface area (Å²) in [5, 5.41) is 11.7. The Hall–Kier alpha value is -2.69. The molecule has 0 saturated heterocycles. The summed E-state index contributed by atoms with van der Waals surface area (Å²) < 4.78 is 11.1. The van der Waals surface area contributed by atoms with Gasteiger partial charge in [-0.15, -0.1) is 0 Å². The Labute approximate surface area is 123 Å². The number of nitrogens with zero attached hydrogens (tertiary/aromatic N) is 1. The van der Waals surface area contributed by atoms with Crippen molar-refractivity contribution in [3.8, 4) is 11.5 Å². The van der Waals surface area contributed by atoms with Gasteiger partial charge in [0.25, 0.3) is 0 Å². The number of ether oxygens (including phenoxy) is 2. The zero-order chi connectivity index (χ0) is 15.2. The van der Waals surface area contributed by atoms with E-state index in [-0.39, 0.29) is 5.84 Å². The van der Waals surface area contributed by atoms with Crippen molar-refractivity contribution in [1.29, 1.82) is 0 Å². The van der Waals surface area contributed by atoms with Gasteiger partial charge < -0.3 is 20.4 Å². The summed E-state index contributed by atoms with van der Waals surface area (Å²) >= 11 is 0. The lowest BCUT2D eigenvalue weighted by Gasteiger charge is -2.11. The van der Waals surface area contributed by atoms with Gasteiger partial charge in [0.2, 0.25) is 0 Å². The minimum Gasteiger partial charge on any atom is -0.496 e. The number of benzene rings is 2. The number of rotatable bonds is 5. The molecule has 0 aliphatic carbocycles. The van der Waals surface area contributed by atoms with Crippen molar-refractivity contribution in [3.63, 3.8) is 0 Å². The van der Waals surface area contributed by atoms with Crippen LogP contribution in [0.1, 0.15) is 16.7 Å². The standard InChI is InChI=1S/C16H18N2O3/c1-11-6-7-15(20-2)13(8-11)10-21-14-5-3-4-12(9-14)16(17)18-19/h3-9,19H,10H2,1-2H3,(H2,17,18). The van der Waals surface area contributed by atoms with Crippen molar-refractivity contribution in [3.05, 3.63) is 59.2 Å². The maximum atomic E-state index is 8.69. The fourth-order valence-corrected chi connectivity index (χ4v) is 1.98. The zero-order valence-corrected chi connectivity index (χ0v) is 12.0. The lowest BCUT2D eigenvalue weighted by Crippen LogP contribution is -2.13. The van der Waals surface area contributed by atoms with Crippen LogP contribution in [0.3, 0.4) is 0 Å². The molecule has 2 aromatic carbocycles. The SMILES string of the molecule is COc1ccc(C)cc1COc1cccc(C(N)=NO)c1. The molecule has 0 atom stereocenters. The number of methoxy groups -OCH3 is 1. The molecule has 0 aromatic heterocycles. The van der Waals surface area contributed by atoms with Gasteiger partial charge in [-0.1, -0.05) is 28.9 Å². The van der Waals surface area contributed by atoms with Crippen LogP contribution in [0.5, 0.6) is 11.5 Å². The fraction of sp³-hybridized carbons (Fsp3) is 0.188. The number of hydrogen-bond donors (Lipinski definition) is 2. The van der Waals surface area contributed by atoms with Gasteiger partial charge in [0.05, 0.1) is 7.11 Å². The number of nitrogens with two attached hydrogens (primary N) is 1. The maximum Gasteiger partial charge on any atom is 0.170 e. The van der Waals surface area contributed by atoms with E-state index in [4.69, 9.17) is 20.4 Å². The van der Waals surface area contributed by atoms with E-state index in [1.165, 1.54) is 0 Å². The molecule has 21 heavy (non-hydrogen) atoms. The molecule has 0 heterocycles. The first-order valence-corrected chi connectivity index (χ1v) is 6.48. The molecule has 0 aliphatic heterocycles. The zero-order valence-electron chi connectivity index (χ0n) is 12.0. The Morgan fingerprint density at radius 3 is 2.76 bits per heavy atom. The van der Waals surface area contributed by atoms with E-state index in [0.29, 0.717) is 17.9 Å². The van der Waals surface area contributed by atoms with Crippen LogP contribution in [0.2, 0.25) is 0 Å². The molecule has 0 saturated carbocycles. The second kappa shape index (κ2) is 6.65. The first-order valence-electron chi connectivity index (χ1n) is 6.48. The molecule has 0 amide bonds. The van der Waals surface area contributed by atoms with E-state index in [1.807, 2.05) is 31.2 Å². The topological polar surface area (TPSA) is 77.1 Å². The highest BCUT2D eigenvalue weighted by atomic mass is 16.5. The van der Waals surface area contributed by atoms with E-state index >= 15 is 0 Å². The van der Waals surface area contributed by atoms with E-state index < -0.39 is 0 Å². The van der Waals surface area contributed by atoms with Crippen molar-refractivity contribution in [2.45, 2.75) is 13.5 Å². The van der Waals surface area contributed by atoms with Crippen LogP contribution >= 0.6 is 0 Å². The van der Waals surface area contributed by atoms with Crippen molar-refractivity contribution >= 4 is 5.84 Å². The molecule has 110 valence electrons. The van der Waals surface area contributed by atoms with E-state index in [9.17, 15) is 0 Å². The van der Waals surface area contributed by atoms with Gasteiger partial charge in [-0.3, -0.25) is 0 Å². The van der Waals surface area contributed by atoms with Crippen molar-refractivity contribution < 1.29 is 14.7 Å². The first-order chi connectivity index (χ1) is 10.1. The second-order valence-corrected chi connectivity index (χ2v) is 4.62. The van der Waals surface area contributed by atoms with Gasteiger partial charge in [-0.05, 0) is 31.2 Å². The molecule has 0 fully saturated rings. The summed E-state index contributed by atoms with van der Waals surface area (Å²) in [6.45, 7) is 2.40. The number of oxime groups is 1. The largest absolute Gasteiger partial charge is 0.496 e. The molecule has 0 radical (unpaired) electrons. The fourth-order valence-electron chi connectivity index (χ4n) is 1.98. The van der Waals surface area contributed by atoms with Gasteiger partial charge >= 0.3 is 0 Å². The minimum atomic E-state index is 0.0496. The molecule has 0 bridgehead atoms. The van der Waals surface area contributed by atoms with Crippen LogP contribution in [0.25, 0.3) is 0 Å². The Bertz CT molecular complexity index is 654. The summed E-state index contributed by atoms with van der Waals surface area (Å²) in [7, 11) is 1.63. The van der Waals surface area contributed by atoms with Crippen LogP contribution in [0, 0.1) is 6.92 Å². The quantitative estimate of drug-likeness (QED) is 0.383. The Balaban J connectivity index is 2.15. The summed E-state index contributed by atoms with van der Waals surface area (Å²) in [5.41, 5.74) is 8.27. The molecule has 0 spiro atoms. The van der Waals surface area contributed by atoms with Crippen LogP contribution in [0.4, 0.5) is 0 Å². The molecule has 5 nitrogen and oxygen atoms in total. The van der Waals surface area contributed by atoms with Gasteiger partial charge in [0.1, 0.15) is 18.1 Å². The molecular weight excluding hydrogens is 268 g/mol. The number of hydrogen-bond acceptors (Lipinski definition) is 4. The maximum absolute atomic E-state index is 8.69. The van der Waals surface area contributed by atoms with E-state index in [2.05, 4.69) is 5.16 Å². The van der Waals surface area contributed by atoms with Gasteiger partial charge in [0.15, 0.2) is 5.84 Å². The van der Waals surface area contributed by atoms with Crippen LogP contribution in [-0.4, -0.2) is 18.2 Å². The summed E-state index contributed by atoms with van der Waals surface area (Å²) in [4.78, 5) is 0. The normalized spacial score (nSPS) is 11.2. The highest BCUT2D eigenvalue weighted by Crippen LogP contribution is 2.22. The number of amidine groups is 1. The predicted octanol–water partition coefficient (Wildman–Crippen LogP) is 2.68. The molecule has 2 aromatic rings. The first kappa shape index (κ1) is 14.7. The Kier molecular flexibility index (Phi) is 4.66. The molecule has 5 heteroatoms. The van der Waals surface area contributed by atoms with Crippen molar-refractivity contribution in [1.82, 2.24) is 0 Å². The molecule has 2 rings (SSSR count). The van der Waals surface area contributed by atoms with Gasteiger partial charge in [0, 0.05) is 11.1 Å². The number of aryl methyl sites for hydroxylation is 1. The third-order valence-electron chi connectivity index (χ3n) is 3.07. The summed E-state index contributed by atoms with van der Waals surface area (Å²) in [5.74, 6) is 1.48. The monoisotopic (exact) mass is 286 g/mol. The summed E-state index contributed by atoms with van der Waals surface area (Å²) in [6, 6.07) is 13.0. The second-order valence-electron chi connectivity index (χ2n) is 4.62. The van der Waals surface area contributed by atoms with Gasteiger partial charge in [-0.2, -0.15) is 0 Å². The Morgan fingerprint density at radius 1 is 1.24 bits per heavy atom. The third-order valence-corrected chi connectivity index (χ3v) is 3.07. The van der Waals surface area contributed by atoms with Crippen LogP contribution in [-0.2, 0) is 6.61 Å².